The van der Waals surface area contributed by atoms with E-state index in [9.17, 15) is 9.59 Å². The van der Waals surface area contributed by atoms with Gasteiger partial charge in [-0.25, -0.2) is 4.79 Å². The molecule has 2 bridgehead atoms. The number of carbonyl (C=O) groups excluding carboxylic acids is 2. The molecule has 0 radical (unpaired) electrons. The van der Waals surface area contributed by atoms with Gasteiger partial charge in [0.2, 0.25) is 0 Å². The molecule has 18 heavy (non-hydrogen) atoms. The van der Waals surface area contributed by atoms with E-state index in [1.54, 1.807) is 4.90 Å². The van der Waals surface area contributed by atoms with Crippen LogP contribution in [0.2, 0.25) is 0 Å². The number of ketones is 1. The van der Waals surface area contributed by atoms with E-state index in [1.165, 1.54) is 0 Å². The zero-order valence-corrected chi connectivity index (χ0v) is 11.9. The van der Waals surface area contributed by atoms with Crippen LogP contribution in [0.25, 0.3) is 0 Å². The number of piperidine rings is 2. The number of hydrogen-bond acceptors (Lipinski definition) is 3. The summed E-state index contributed by atoms with van der Waals surface area (Å²) in [5.74, 6) is 0.0613. The predicted molar refractivity (Wildman–Crippen MR) is 68.8 cm³/mol. The van der Waals surface area contributed by atoms with Crippen molar-refractivity contribution in [1.82, 2.24) is 4.90 Å². The normalized spacial score (nSPS) is 32.3. The van der Waals surface area contributed by atoms with E-state index < -0.39 is 11.0 Å². The number of Topliss-reactive ketones (excluding diaryl/α,β-unsaturated/α-hetero) is 1. The molecule has 2 rings (SSSR count). The molecule has 2 heterocycles. The molecule has 0 aliphatic carbocycles. The summed E-state index contributed by atoms with van der Waals surface area (Å²) in [4.78, 5) is 25.7. The number of carbonyl (C=O) groups is 2. The quantitative estimate of drug-likeness (QED) is 0.638. The Labute approximate surface area is 113 Å². The van der Waals surface area contributed by atoms with Gasteiger partial charge in [-0.05, 0) is 40.0 Å². The van der Waals surface area contributed by atoms with Crippen molar-refractivity contribution in [2.45, 2.75) is 69.5 Å². The predicted octanol–water partition coefficient (Wildman–Crippen LogP) is 2.72. The van der Waals surface area contributed by atoms with Crippen molar-refractivity contribution in [1.29, 1.82) is 0 Å². The van der Waals surface area contributed by atoms with Crippen molar-refractivity contribution in [3.63, 3.8) is 0 Å². The van der Waals surface area contributed by atoms with Gasteiger partial charge in [0.1, 0.15) is 11.0 Å². The fourth-order valence-corrected chi connectivity index (χ4v) is 3.09. The minimum atomic E-state index is -0.575. The van der Waals surface area contributed by atoms with Gasteiger partial charge in [0.15, 0.2) is 5.78 Å². The summed E-state index contributed by atoms with van der Waals surface area (Å²) < 4.78 is 5.41. The van der Waals surface area contributed by atoms with Gasteiger partial charge in [0, 0.05) is 12.5 Å². The molecule has 2 saturated heterocycles. The van der Waals surface area contributed by atoms with Crippen LogP contribution in [0.5, 0.6) is 0 Å². The molecular formula is C13H20ClNO3. The highest BCUT2D eigenvalue weighted by Gasteiger charge is 2.47. The zero-order valence-electron chi connectivity index (χ0n) is 11.1. The second kappa shape index (κ2) is 4.72. The number of alkyl halides is 1. The third kappa shape index (κ3) is 2.63. The van der Waals surface area contributed by atoms with E-state index in [1.807, 2.05) is 20.8 Å². The minimum Gasteiger partial charge on any atom is -0.444 e. The van der Waals surface area contributed by atoms with Crippen molar-refractivity contribution in [2.75, 3.05) is 0 Å². The first-order chi connectivity index (χ1) is 8.29. The third-order valence-electron chi connectivity index (χ3n) is 3.47. The summed E-state index contributed by atoms with van der Waals surface area (Å²) in [7, 11) is 0. The Bertz CT molecular complexity index is 364. The lowest BCUT2D eigenvalue weighted by atomic mass is 9.84. The molecule has 102 valence electrons. The molecule has 0 aromatic rings. The fourth-order valence-electron chi connectivity index (χ4n) is 2.76. The highest BCUT2D eigenvalue weighted by Crippen LogP contribution is 2.35. The summed E-state index contributed by atoms with van der Waals surface area (Å²) in [5, 5.41) is -0.575. The van der Waals surface area contributed by atoms with Crippen LogP contribution in [0, 0.1) is 0 Å². The Kier molecular flexibility index (Phi) is 3.58. The molecule has 0 saturated carbocycles. The number of ether oxygens (including phenoxy) is 1. The zero-order chi connectivity index (χ0) is 13.5. The smallest absolute Gasteiger partial charge is 0.410 e. The second-order valence-electron chi connectivity index (χ2n) is 6.11. The molecule has 3 unspecified atom stereocenters. The second-order valence-corrected chi connectivity index (χ2v) is 6.58. The summed E-state index contributed by atoms with van der Waals surface area (Å²) in [5.41, 5.74) is -0.519. The molecule has 0 aromatic heterocycles. The molecule has 0 N–H and O–H groups in total. The van der Waals surface area contributed by atoms with E-state index in [4.69, 9.17) is 16.3 Å². The van der Waals surface area contributed by atoms with Crippen LogP contribution < -0.4 is 0 Å². The Hall–Kier alpha value is -0.770. The first-order valence-electron chi connectivity index (χ1n) is 6.48. The van der Waals surface area contributed by atoms with Crippen molar-refractivity contribution in [3.8, 4) is 0 Å². The van der Waals surface area contributed by atoms with Gasteiger partial charge in [-0.3, -0.25) is 9.69 Å². The van der Waals surface area contributed by atoms with E-state index in [2.05, 4.69) is 0 Å². The lowest BCUT2D eigenvalue weighted by molar-refractivity contribution is -0.126. The molecular weight excluding hydrogens is 254 g/mol. The topological polar surface area (TPSA) is 46.6 Å². The molecule has 0 spiro atoms. The summed E-state index contributed by atoms with van der Waals surface area (Å²) in [6, 6.07) is -0.220. The molecule has 3 atom stereocenters. The van der Waals surface area contributed by atoms with Gasteiger partial charge >= 0.3 is 6.09 Å². The summed E-state index contributed by atoms with van der Waals surface area (Å²) in [6.45, 7) is 5.52. The van der Waals surface area contributed by atoms with Crippen molar-refractivity contribution in [3.05, 3.63) is 0 Å². The highest BCUT2D eigenvalue weighted by molar-refractivity contribution is 6.32. The maximum atomic E-state index is 12.2. The Balaban J connectivity index is 2.16. The summed E-state index contributed by atoms with van der Waals surface area (Å²) >= 11 is 6.14. The summed E-state index contributed by atoms with van der Waals surface area (Å²) in [6.07, 6.45) is 2.70. The van der Waals surface area contributed by atoms with E-state index in [-0.39, 0.29) is 24.0 Å². The minimum absolute atomic E-state index is 0.0268. The first-order valence-corrected chi connectivity index (χ1v) is 6.91. The average Bonchev–Trinajstić information content (AvgIpc) is 2.23. The number of rotatable bonds is 0. The monoisotopic (exact) mass is 273 g/mol. The van der Waals surface area contributed by atoms with Crippen molar-refractivity contribution in [2.24, 2.45) is 0 Å². The molecule has 4 nitrogen and oxygen atoms in total. The Morgan fingerprint density at radius 3 is 2.67 bits per heavy atom. The van der Waals surface area contributed by atoms with Crippen LogP contribution in [0.3, 0.4) is 0 Å². The van der Waals surface area contributed by atoms with E-state index in [0.29, 0.717) is 6.42 Å². The lowest BCUT2D eigenvalue weighted by Crippen LogP contribution is -2.60. The van der Waals surface area contributed by atoms with Gasteiger partial charge in [-0.2, -0.15) is 0 Å². The van der Waals surface area contributed by atoms with Crippen LogP contribution in [0.4, 0.5) is 4.79 Å². The van der Waals surface area contributed by atoms with E-state index in [0.717, 1.165) is 19.3 Å². The van der Waals surface area contributed by atoms with Gasteiger partial charge in [-0.1, -0.05) is 0 Å². The standard InChI is InChI=1S/C13H20ClNO3/c1-13(2,3)18-12(17)15-8-5-4-6-9(15)11(14)10(16)7-8/h8-9,11H,4-7H2,1-3H3. The van der Waals surface area contributed by atoms with Crippen LogP contribution in [0.1, 0.15) is 46.5 Å². The van der Waals surface area contributed by atoms with Gasteiger partial charge in [-0.15, -0.1) is 11.6 Å². The van der Waals surface area contributed by atoms with Gasteiger partial charge in [0.05, 0.1) is 6.04 Å². The number of fused-ring (bicyclic) bond motifs is 2. The molecule has 0 aromatic carbocycles. The maximum Gasteiger partial charge on any atom is 0.410 e. The van der Waals surface area contributed by atoms with Crippen LogP contribution in [-0.2, 0) is 9.53 Å². The molecule has 2 aliphatic heterocycles. The SMILES string of the molecule is CC(C)(C)OC(=O)N1C2CCCC1C(Cl)C(=O)C2. The lowest BCUT2D eigenvalue weighted by Gasteiger charge is -2.47. The Morgan fingerprint density at radius 1 is 1.39 bits per heavy atom. The van der Waals surface area contributed by atoms with Crippen LogP contribution in [0.15, 0.2) is 0 Å². The number of halogens is 1. The van der Waals surface area contributed by atoms with Crippen LogP contribution in [-0.4, -0.2) is 39.8 Å². The first kappa shape index (κ1) is 13.7. The number of amides is 1. The van der Waals surface area contributed by atoms with E-state index >= 15 is 0 Å². The van der Waals surface area contributed by atoms with Gasteiger partial charge < -0.3 is 4.74 Å². The molecule has 2 aliphatic rings. The maximum absolute atomic E-state index is 12.2. The van der Waals surface area contributed by atoms with Crippen molar-refractivity contribution < 1.29 is 14.3 Å². The van der Waals surface area contributed by atoms with Crippen molar-refractivity contribution >= 4 is 23.5 Å². The fraction of sp³-hybridized carbons (Fsp3) is 0.846. The molecule has 1 amide bonds. The third-order valence-corrected chi connectivity index (χ3v) is 4.01. The van der Waals surface area contributed by atoms with Gasteiger partial charge in [0.25, 0.3) is 0 Å². The number of hydrogen-bond donors (Lipinski definition) is 0. The highest BCUT2D eigenvalue weighted by atomic mass is 35.5. The number of nitrogens with zero attached hydrogens (tertiary/aromatic N) is 1. The Morgan fingerprint density at radius 2 is 2.06 bits per heavy atom. The van der Waals surface area contributed by atoms with Crippen LogP contribution >= 0.6 is 11.6 Å². The molecule has 5 heteroatoms. The molecule has 2 fully saturated rings. The largest absolute Gasteiger partial charge is 0.444 e. The average molecular weight is 274 g/mol.